The molecule has 2 heterocycles. The number of carbonyl (C=O) groups excluding carboxylic acids is 2. The minimum Gasteiger partial charge on any atom is -0.351 e. The normalized spacial score (nSPS) is 17.8. The molecule has 1 atom stereocenters. The molecule has 1 saturated heterocycles. The van der Waals surface area contributed by atoms with E-state index in [9.17, 15) is 18.0 Å². The number of benzene rings is 1. The van der Waals surface area contributed by atoms with Crippen LogP contribution in [-0.4, -0.2) is 37.6 Å². The zero-order valence-corrected chi connectivity index (χ0v) is 17.2. The fourth-order valence-electron chi connectivity index (χ4n) is 3.17. The first-order chi connectivity index (χ1) is 13.4. The third-order valence-corrected chi connectivity index (χ3v) is 7.34. The molecule has 0 unspecified atom stereocenters. The molecule has 0 saturated carbocycles. The molecule has 28 heavy (non-hydrogen) atoms. The van der Waals surface area contributed by atoms with Crippen LogP contribution in [0.25, 0.3) is 0 Å². The molecule has 3 rings (SSSR count). The number of rotatable bonds is 6. The lowest BCUT2D eigenvalue weighted by Gasteiger charge is -2.31. The van der Waals surface area contributed by atoms with Gasteiger partial charge in [-0.3, -0.25) is 9.59 Å². The van der Waals surface area contributed by atoms with E-state index in [1.807, 2.05) is 17.5 Å². The van der Waals surface area contributed by atoms with E-state index in [2.05, 4.69) is 10.6 Å². The number of amides is 2. The molecule has 1 fully saturated rings. The Hall–Kier alpha value is -2.23. The number of anilines is 1. The standard InChI is InChI=1S/C19H23N3O4S2/c1-14(23)21-16-6-8-18(9-7-16)28(25,26)22-10-2-4-15(13-22)19(24)20-12-17-5-3-11-27-17/h3,5-9,11,15H,2,4,10,12-13H2,1H3,(H,20,24)(H,21,23)/t15-/m0/s1. The summed E-state index contributed by atoms with van der Waals surface area (Å²) in [5.41, 5.74) is 0.538. The number of sulfonamides is 1. The number of thiophene rings is 1. The molecule has 7 nitrogen and oxygen atoms in total. The predicted octanol–water partition coefficient (Wildman–Crippen LogP) is 2.42. The van der Waals surface area contributed by atoms with Gasteiger partial charge in [-0.25, -0.2) is 8.42 Å². The van der Waals surface area contributed by atoms with Crippen LogP contribution in [-0.2, 0) is 26.2 Å². The summed E-state index contributed by atoms with van der Waals surface area (Å²) >= 11 is 1.57. The lowest BCUT2D eigenvalue weighted by atomic mass is 9.99. The van der Waals surface area contributed by atoms with Crippen molar-refractivity contribution in [2.75, 3.05) is 18.4 Å². The second-order valence-electron chi connectivity index (χ2n) is 6.70. The maximum absolute atomic E-state index is 12.9. The van der Waals surface area contributed by atoms with E-state index in [4.69, 9.17) is 0 Å². The minimum absolute atomic E-state index is 0.116. The van der Waals surface area contributed by atoms with Crippen molar-refractivity contribution in [2.24, 2.45) is 5.92 Å². The molecule has 0 bridgehead atoms. The number of hydrogen-bond acceptors (Lipinski definition) is 5. The first-order valence-electron chi connectivity index (χ1n) is 9.04. The van der Waals surface area contributed by atoms with Crippen LogP contribution in [0.5, 0.6) is 0 Å². The number of nitrogens with zero attached hydrogens (tertiary/aromatic N) is 1. The quantitative estimate of drug-likeness (QED) is 0.749. The van der Waals surface area contributed by atoms with Crippen LogP contribution in [0, 0.1) is 5.92 Å². The topological polar surface area (TPSA) is 95.6 Å². The van der Waals surface area contributed by atoms with Gasteiger partial charge in [-0.15, -0.1) is 11.3 Å². The Bertz CT molecular complexity index is 925. The van der Waals surface area contributed by atoms with Crippen LogP contribution in [0.3, 0.4) is 0 Å². The van der Waals surface area contributed by atoms with Gasteiger partial charge in [0.25, 0.3) is 0 Å². The summed E-state index contributed by atoms with van der Waals surface area (Å²) in [4.78, 5) is 24.8. The van der Waals surface area contributed by atoms with Crippen molar-refractivity contribution in [3.63, 3.8) is 0 Å². The van der Waals surface area contributed by atoms with Gasteiger partial charge >= 0.3 is 0 Å². The maximum atomic E-state index is 12.9. The molecule has 2 N–H and O–H groups in total. The lowest BCUT2D eigenvalue weighted by molar-refractivity contribution is -0.126. The van der Waals surface area contributed by atoms with Gasteiger partial charge in [-0.1, -0.05) is 6.07 Å². The number of carbonyl (C=O) groups is 2. The summed E-state index contributed by atoms with van der Waals surface area (Å²) in [6, 6.07) is 9.94. The molecular weight excluding hydrogens is 398 g/mol. The molecule has 0 aliphatic carbocycles. The lowest BCUT2D eigenvalue weighted by Crippen LogP contribution is -2.45. The van der Waals surface area contributed by atoms with Crippen molar-refractivity contribution in [2.45, 2.75) is 31.2 Å². The van der Waals surface area contributed by atoms with Crippen molar-refractivity contribution >= 4 is 38.9 Å². The van der Waals surface area contributed by atoms with Crippen LogP contribution in [0.4, 0.5) is 5.69 Å². The number of hydrogen-bond donors (Lipinski definition) is 2. The highest BCUT2D eigenvalue weighted by molar-refractivity contribution is 7.89. The SMILES string of the molecule is CC(=O)Nc1ccc(S(=O)(=O)N2CCC[C@H](C(=O)NCc3cccs3)C2)cc1. The first-order valence-corrected chi connectivity index (χ1v) is 11.4. The van der Waals surface area contributed by atoms with Crippen molar-refractivity contribution in [1.82, 2.24) is 9.62 Å². The minimum atomic E-state index is -3.69. The van der Waals surface area contributed by atoms with Crippen LogP contribution in [0.1, 0.15) is 24.6 Å². The molecule has 1 aromatic carbocycles. The highest BCUT2D eigenvalue weighted by Gasteiger charge is 2.33. The molecule has 2 aromatic rings. The number of nitrogens with one attached hydrogen (secondary N) is 2. The summed E-state index contributed by atoms with van der Waals surface area (Å²) in [5, 5.41) is 7.47. The molecule has 1 aliphatic rings. The summed E-state index contributed by atoms with van der Waals surface area (Å²) < 4.78 is 27.3. The van der Waals surface area contributed by atoms with Crippen LogP contribution >= 0.6 is 11.3 Å². The largest absolute Gasteiger partial charge is 0.351 e. The Morgan fingerprint density at radius 2 is 1.96 bits per heavy atom. The monoisotopic (exact) mass is 421 g/mol. The van der Waals surface area contributed by atoms with Crippen molar-refractivity contribution in [3.05, 3.63) is 46.7 Å². The second kappa shape index (κ2) is 8.85. The third-order valence-electron chi connectivity index (χ3n) is 4.58. The number of piperidine rings is 1. The van der Waals surface area contributed by atoms with Gasteiger partial charge in [-0.2, -0.15) is 4.31 Å². The van der Waals surface area contributed by atoms with E-state index < -0.39 is 10.0 Å². The summed E-state index contributed by atoms with van der Waals surface area (Å²) in [7, 11) is -3.69. The Balaban J connectivity index is 1.64. The highest BCUT2D eigenvalue weighted by atomic mass is 32.2. The summed E-state index contributed by atoms with van der Waals surface area (Å²) in [6.07, 6.45) is 1.31. The zero-order chi connectivity index (χ0) is 20.1. The third kappa shape index (κ3) is 4.98. The first kappa shape index (κ1) is 20.5. The van der Waals surface area contributed by atoms with E-state index in [1.54, 1.807) is 23.5 Å². The summed E-state index contributed by atoms with van der Waals surface area (Å²) in [6.45, 7) is 2.42. The van der Waals surface area contributed by atoms with Crippen LogP contribution < -0.4 is 10.6 Å². The fourth-order valence-corrected chi connectivity index (χ4v) is 5.34. The van der Waals surface area contributed by atoms with Gasteiger partial charge in [-0.05, 0) is 48.6 Å². The average molecular weight is 422 g/mol. The van der Waals surface area contributed by atoms with Gasteiger partial charge in [0, 0.05) is 30.6 Å². The van der Waals surface area contributed by atoms with Crippen LogP contribution in [0.2, 0.25) is 0 Å². The molecule has 150 valence electrons. The van der Waals surface area contributed by atoms with Gasteiger partial charge in [0.2, 0.25) is 21.8 Å². The van der Waals surface area contributed by atoms with Gasteiger partial charge in [0.1, 0.15) is 0 Å². The van der Waals surface area contributed by atoms with E-state index in [1.165, 1.54) is 23.4 Å². The maximum Gasteiger partial charge on any atom is 0.243 e. The molecule has 9 heteroatoms. The molecule has 1 aliphatic heterocycles. The predicted molar refractivity (Wildman–Crippen MR) is 108 cm³/mol. The van der Waals surface area contributed by atoms with Crippen molar-refractivity contribution in [3.8, 4) is 0 Å². The Labute approximate surface area is 168 Å². The van der Waals surface area contributed by atoms with Crippen molar-refractivity contribution < 1.29 is 18.0 Å². The molecule has 0 radical (unpaired) electrons. The highest BCUT2D eigenvalue weighted by Crippen LogP contribution is 2.25. The van der Waals surface area contributed by atoms with E-state index in [-0.39, 0.29) is 29.2 Å². The summed E-state index contributed by atoms with van der Waals surface area (Å²) in [5.74, 6) is -0.695. The average Bonchev–Trinajstić information content (AvgIpc) is 3.20. The van der Waals surface area contributed by atoms with Crippen LogP contribution in [0.15, 0.2) is 46.7 Å². The molecular formula is C19H23N3O4S2. The van der Waals surface area contributed by atoms with Gasteiger partial charge in [0.15, 0.2) is 0 Å². The fraction of sp³-hybridized carbons (Fsp3) is 0.368. The Morgan fingerprint density at radius 1 is 1.21 bits per heavy atom. The van der Waals surface area contributed by atoms with E-state index in [0.29, 0.717) is 31.6 Å². The molecule has 0 spiro atoms. The smallest absolute Gasteiger partial charge is 0.243 e. The Morgan fingerprint density at radius 3 is 2.61 bits per heavy atom. The van der Waals surface area contributed by atoms with Crippen molar-refractivity contribution in [1.29, 1.82) is 0 Å². The van der Waals surface area contributed by atoms with E-state index in [0.717, 1.165) is 4.88 Å². The molecule has 2 amide bonds. The molecule has 1 aromatic heterocycles. The zero-order valence-electron chi connectivity index (χ0n) is 15.6. The Kier molecular flexibility index (Phi) is 6.48. The van der Waals surface area contributed by atoms with Gasteiger partial charge in [0.05, 0.1) is 17.4 Å². The second-order valence-corrected chi connectivity index (χ2v) is 9.68. The van der Waals surface area contributed by atoms with E-state index >= 15 is 0 Å². The van der Waals surface area contributed by atoms with Gasteiger partial charge < -0.3 is 10.6 Å².